The number of amides is 1. The van der Waals surface area contributed by atoms with Gasteiger partial charge in [-0.15, -0.1) is 12.4 Å². The Morgan fingerprint density at radius 2 is 1.73 bits per heavy atom. The number of hydrogen-bond donors (Lipinski definition) is 2. The Hall–Kier alpha value is -0.280. The molecule has 0 aromatic carbocycles. The van der Waals surface area contributed by atoms with E-state index in [0.29, 0.717) is 12.3 Å². The van der Waals surface area contributed by atoms with Crippen molar-refractivity contribution in [3.8, 4) is 0 Å². The summed E-state index contributed by atoms with van der Waals surface area (Å²) < 4.78 is 0. The third-order valence-corrected chi connectivity index (χ3v) is 2.50. The lowest BCUT2D eigenvalue weighted by Gasteiger charge is -2.11. The standard InChI is InChI=1S/C11H24N2O.ClH/c1-4-10(5-2)9-11(14)13-8-7-12-6-3;/h10,12H,4-9H2,1-3H3,(H,13,14);1H. The zero-order valence-corrected chi connectivity index (χ0v) is 11.0. The van der Waals surface area contributed by atoms with Gasteiger partial charge in [-0.3, -0.25) is 4.79 Å². The highest BCUT2D eigenvalue weighted by molar-refractivity contribution is 5.85. The second-order valence-electron chi connectivity index (χ2n) is 3.59. The summed E-state index contributed by atoms with van der Waals surface area (Å²) in [6, 6.07) is 0. The van der Waals surface area contributed by atoms with Gasteiger partial charge in [0.05, 0.1) is 0 Å². The summed E-state index contributed by atoms with van der Waals surface area (Å²) in [6.45, 7) is 8.91. The van der Waals surface area contributed by atoms with E-state index in [2.05, 4.69) is 31.4 Å². The Kier molecular flexibility index (Phi) is 13.5. The second kappa shape index (κ2) is 11.8. The molecule has 0 aliphatic carbocycles. The molecule has 0 unspecified atom stereocenters. The van der Waals surface area contributed by atoms with E-state index in [0.717, 1.165) is 32.5 Å². The minimum atomic E-state index is 0. The molecule has 92 valence electrons. The molecule has 15 heavy (non-hydrogen) atoms. The number of carbonyl (C=O) groups is 1. The molecule has 0 saturated heterocycles. The maximum atomic E-state index is 11.4. The summed E-state index contributed by atoms with van der Waals surface area (Å²) >= 11 is 0. The first-order valence-electron chi connectivity index (χ1n) is 5.71. The van der Waals surface area contributed by atoms with Crippen molar-refractivity contribution >= 4 is 18.3 Å². The molecule has 2 N–H and O–H groups in total. The average Bonchev–Trinajstić information content (AvgIpc) is 2.21. The van der Waals surface area contributed by atoms with Crippen LogP contribution in [0.2, 0.25) is 0 Å². The zero-order chi connectivity index (χ0) is 10.8. The van der Waals surface area contributed by atoms with Crippen LogP contribution in [0.25, 0.3) is 0 Å². The Morgan fingerprint density at radius 3 is 2.20 bits per heavy atom. The molecule has 0 radical (unpaired) electrons. The van der Waals surface area contributed by atoms with E-state index in [4.69, 9.17) is 0 Å². The first kappa shape index (κ1) is 17.1. The summed E-state index contributed by atoms with van der Waals surface area (Å²) in [5.74, 6) is 0.741. The van der Waals surface area contributed by atoms with Crippen molar-refractivity contribution in [2.24, 2.45) is 5.92 Å². The lowest BCUT2D eigenvalue weighted by atomic mass is 9.99. The molecule has 0 saturated carbocycles. The molecule has 0 aliphatic heterocycles. The van der Waals surface area contributed by atoms with Crippen LogP contribution in [-0.4, -0.2) is 25.5 Å². The number of carbonyl (C=O) groups excluding carboxylic acids is 1. The van der Waals surface area contributed by atoms with Crippen LogP contribution < -0.4 is 10.6 Å². The van der Waals surface area contributed by atoms with Crippen LogP contribution in [0, 0.1) is 5.92 Å². The SMILES string of the molecule is CCNCCNC(=O)CC(CC)CC.Cl. The lowest BCUT2D eigenvalue weighted by molar-refractivity contribution is -0.122. The fourth-order valence-electron chi connectivity index (χ4n) is 1.38. The summed E-state index contributed by atoms with van der Waals surface area (Å²) in [6.07, 6.45) is 2.87. The number of likely N-dealkylation sites (N-methyl/N-ethyl adjacent to an activating group) is 1. The van der Waals surface area contributed by atoms with E-state index < -0.39 is 0 Å². The Morgan fingerprint density at radius 1 is 1.13 bits per heavy atom. The van der Waals surface area contributed by atoms with Crippen molar-refractivity contribution in [3.05, 3.63) is 0 Å². The quantitative estimate of drug-likeness (QED) is 0.633. The monoisotopic (exact) mass is 236 g/mol. The van der Waals surface area contributed by atoms with E-state index >= 15 is 0 Å². The molecule has 3 nitrogen and oxygen atoms in total. The molecule has 0 rings (SSSR count). The molecule has 4 heteroatoms. The number of halogens is 1. The summed E-state index contributed by atoms with van der Waals surface area (Å²) in [5.41, 5.74) is 0. The van der Waals surface area contributed by atoms with Crippen molar-refractivity contribution in [3.63, 3.8) is 0 Å². The normalized spacial score (nSPS) is 9.87. The Bertz CT molecular complexity index is 150. The highest BCUT2D eigenvalue weighted by Gasteiger charge is 2.08. The van der Waals surface area contributed by atoms with Gasteiger partial charge in [0.1, 0.15) is 0 Å². The molecular weight excluding hydrogens is 212 g/mol. The Labute approximate surface area is 99.8 Å². The maximum Gasteiger partial charge on any atom is 0.220 e. The smallest absolute Gasteiger partial charge is 0.220 e. The summed E-state index contributed by atoms with van der Waals surface area (Å²) in [7, 11) is 0. The minimum absolute atomic E-state index is 0. The van der Waals surface area contributed by atoms with Gasteiger partial charge in [-0.1, -0.05) is 33.6 Å². The van der Waals surface area contributed by atoms with Crippen LogP contribution in [0.5, 0.6) is 0 Å². The molecule has 0 heterocycles. The van der Waals surface area contributed by atoms with Crippen LogP contribution in [0.3, 0.4) is 0 Å². The molecule has 0 aromatic rings. The van der Waals surface area contributed by atoms with Crippen LogP contribution >= 0.6 is 12.4 Å². The van der Waals surface area contributed by atoms with Gasteiger partial charge in [-0.25, -0.2) is 0 Å². The maximum absolute atomic E-state index is 11.4. The van der Waals surface area contributed by atoms with Gasteiger partial charge in [0.25, 0.3) is 0 Å². The largest absolute Gasteiger partial charge is 0.355 e. The van der Waals surface area contributed by atoms with Gasteiger partial charge < -0.3 is 10.6 Å². The van der Waals surface area contributed by atoms with Crippen molar-refractivity contribution < 1.29 is 4.79 Å². The highest BCUT2D eigenvalue weighted by atomic mass is 35.5. The molecule has 0 atom stereocenters. The van der Waals surface area contributed by atoms with Gasteiger partial charge in [0.15, 0.2) is 0 Å². The first-order chi connectivity index (χ1) is 6.74. The predicted octanol–water partition coefficient (Wildman–Crippen LogP) is 1.96. The molecule has 0 spiro atoms. The van der Waals surface area contributed by atoms with Crippen LogP contribution in [0.4, 0.5) is 0 Å². The van der Waals surface area contributed by atoms with Crippen molar-refractivity contribution in [2.75, 3.05) is 19.6 Å². The van der Waals surface area contributed by atoms with Gasteiger partial charge in [-0.05, 0) is 12.5 Å². The van der Waals surface area contributed by atoms with Crippen LogP contribution in [0.1, 0.15) is 40.0 Å². The molecule has 0 bridgehead atoms. The van der Waals surface area contributed by atoms with Gasteiger partial charge >= 0.3 is 0 Å². The van der Waals surface area contributed by atoms with Crippen LogP contribution in [0.15, 0.2) is 0 Å². The van der Waals surface area contributed by atoms with Crippen molar-refractivity contribution in [1.29, 1.82) is 0 Å². The third kappa shape index (κ3) is 10.0. The van der Waals surface area contributed by atoms with Crippen LogP contribution in [-0.2, 0) is 4.79 Å². The molecule has 0 aromatic heterocycles. The Balaban J connectivity index is 0. The van der Waals surface area contributed by atoms with Gasteiger partial charge in [0.2, 0.25) is 5.91 Å². The zero-order valence-electron chi connectivity index (χ0n) is 10.1. The van der Waals surface area contributed by atoms with Crippen molar-refractivity contribution in [1.82, 2.24) is 10.6 Å². The topological polar surface area (TPSA) is 41.1 Å². The third-order valence-electron chi connectivity index (χ3n) is 2.50. The first-order valence-corrected chi connectivity index (χ1v) is 5.71. The predicted molar refractivity (Wildman–Crippen MR) is 67.5 cm³/mol. The van der Waals surface area contributed by atoms with Gasteiger partial charge in [-0.2, -0.15) is 0 Å². The van der Waals surface area contributed by atoms with Crippen molar-refractivity contribution in [2.45, 2.75) is 40.0 Å². The van der Waals surface area contributed by atoms with E-state index in [1.807, 2.05) is 0 Å². The average molecular weight is 237 g/mol. The van der Waals surface area contributed by atoms with E-state index in [9.17, 15) is 4.79 Å². The molecule has 1 amide bonds. The summed E-state index contributed by atoms with van der Waals surface area (Å²) in [4.78, 5) is 11.4. The molecular formula is C11H25ClN2O. The van der Waals surface area contributed by atoms with E-state index in [1.165, 1.54) is 0 Å². The highest BCUT2D eigenvalue weighted by Crippen LogP contribution is 2.11. The van der Waals surface area contributed by atoms with Gasteiger partial charge in [0, 0.05) is 19.5 Å². The fraction of sp³-hybridized carbons (Fsp3) is 0.909. The van der Waals surface area contributed by atoms with E-state index in [1.54, 1.807) is 0 Å². The lowest BCUT2D eigenvalue weighted by Crippen LogP contribution is -2.32. The second-order valence-corrected chi connectivity index (χ2v) is 3.59. The molecule has 0 aliphatic rings. The number of hydrogen-bond acceptors (Lipinski definition) is 2. The fourth-order valence-corrected chi connectivity index (χ4v) is 1.38. The minimum Gasteiger partial charge on any atom is -0.355 e. The number of rotatable bonds is 8. The van der Waals surface area contributed by atoms with E-state index in [-0.39, 0.29) is 18.3 Å². The molecule has 0 fully saturated rings. The number of nitrogens with one attached hydrogen (secondary N) is 2. The summed E-state index contributed by atoms with van der Waals surface area (Å²) in [5, 5.41) is 6.09.